The van der Waals surface area contributed by atoms with Gasteiger partial charge in [-0.15, -0.1) is 0 Å². The summed E-state index contributed by atoms with van der Waals surface area (Å²) in [5, 5.41) is 1.05. The molecule has 3 aromatic carbocycles. The second kappa shape index (κ2) is 13.0. The molecule has 0 aliphatic carbocycles. The summed E-state index contributed by atoms with van der Waals surface area (Å²) in [5.74, 6) is 1.64. The highest BCUT2D eigenvalue weighted by molar-refractivity contribution is 7.07. The lowest BCUT2D eigenvalue weighted by Gasteiger charge is -2.24. The van der Waals surface area contributed by atoms with Gasteiger partial charge in [0.1, 0.15) is 6.61 Å². The number of carbonyl (C=O) groups is 1. The summed E-state index contributed by atoms with van der Waals surface area (Å²) >= 11 is 13.6. The van der Waals surface area contributed by atoms with Crippen LogP contribution >= 0.6 is 34.5 Å². The first-order valence-corrected chi connectivity index (χ1v) is 15.8. The predicted octanol–water partition coefficient (Wildman–Crippen LogP) is 5.81. The molecule has 1 aromatic heterocycles. The van der Waals surface area contributed by atoms with Gasteiger partial charge in [0.25, 0.3) is 5.56 Å². The van der Waals surface area contributed by atoms with Crippen LogP contribution in [0.4, 0.5) is 0 Å². The molecule has 2 aliphatic heterocycles. The fraction of sp³-hybridized carbons (Fsp3) is 0.242. The van der Waals surface area contributed by atoms with Crippen LogP contribution in [0, 0.1) is 0 Å². The molecule has 4 aromatic rings. The van der Waals surface area contributed by atoms with E-state index in [0.717, 1.165) is 11.1 Å². The molecule has 232 valence electrons. The van der Waals surface area contributed by atoms with Crippen molar-refractivity contribution in [2.75, 3.05) is 20.0 Å². The number of ether oxygens (including phenoxy) is 5. The van der Waals surface area contributed by atoms with Gasteiger partial charge in [0, 0.05) is 15.6 Å². The molecule has 12 heteroatoms. The molecule has 45 heavy (non-hydrogen) atoms. The molecule has 3 heterocycles. The zero-order chi connectivity index (χ0) is 31.7. The maximum Gasteiger partial charge on any atom is 0.338 e. The molecule has 0 unspecified atom stereocenters. The Balaban J connectivity index is 1.39. The second-order valence-electron chi connectivity index (χ2n) is 10.1. The van der Waals surface area contributed by atoms with Crippen LogP contribution in [0.5, 0.6) is 23.0 Å². The van der Waals surface area contributed by atoms with E-state index < -0.39 is 12.0 Å². The van der Waals surface area contributed by atoms with E-state index in [4.69, 9.17) is 46.9 Å². The number of hydrogen-bond donors (Lipinski definition) is 0. The average Bonchev–Trinajstić information content (AvgIpc) is 3.60. The molecule has 0 fully saturated rings. The molecular weight excluding hydrogens is 639 g/mol. The monoisotopic (exact) mass is 666 g/mol. The number of nitrogens with zero attached hydrogens (tertiary/aromatic N) is 2. The zero-order valence-corrected chi connectivity index (χ0v) is 26.9. The fourth-order valence-electron chi connectivity index (χ4n) is 5.14. The molecule has 1 atom stereocenters. The Labute approximate surface area is 272 Å². The summed E-state index contributed by atoms with van der Waals surface area (Å²) < 4.78 is 30.3. The molecule has 6 rings (SSSR count). The Morgan fingerprint density at radius 1 is 1.02 bits per heavy atom. The van der Waals surface area contributed by atoms with E-state index in [0.29, 0.717) is 60.2 Å². The molecule has 2 aliphatic rings. The van der Waals surface area contributed by atoms with Crippen molar-refractivity contribution in [2.24, 2.45) is 4.99 Å². The topological polar surface area (TPSA) is 97.6 Å². The summed E-state index contributed by atoms with van der Waals surface area (Å²) in [7, 11) is 0. The standard InChI is InChI=1S/C33H28Cl2N2O7S/c1-4-40-26-12-19(6-10-24(26)42-16-21-7-9-22(34)15-23(21)35)13-28-31(38)37-30(20-8-11-25-27(14-20)44-17-43-25)29(32(39)41-5-2)18(3)36-33(37)45-28/h6-15,30H,4-5,16-17H2,1-3H3/t30-/m1/s1. The van der Waals surface area contributed by atoms with Crippen LogP contribution in [0.15, 0.2) is 75.7 Å². The summed E-state index contributed by atoms with van der Waals surface area (Å²) in [6.07, 6.45) is 1.77. The number of hydrogen-bond acceptors (Lipinski definition) is 9. The van der Waals surface area contributed by atoms with E-state index in [1.54, 1.807) is 50.3 Å². The third-order valence-electron chi connectivity index (χ3n) is 7.19. The maximum atomic E-state index is 14.0. The quantitative estimate of drug-likeness (QED) is 0.208. The highest BCUT2D eigenvalue weighted by atomic mass is 35.5. The molecule has 0 N–H and O–H groups in total. The van der Waals surface area contributed by atoms with Crippen molar-refractivity contribution in [3.05, 3.63) is 112 Å². The van der Waals surface area contributed by atoms with Crippen molar-refractivity contribution in [1.82, 2.24) is 4.57 Å². The lowest BCUT2D eigenvalue weighted by atomic mass is 9.95. The van der Waals surface area contributed by atoms with Crippen LogP contribution in [0.1, 0.15) is 43.5 Å². The number of carbonyl (C=O) groups excluding carboxylic acids is 1. The van der Waals surface area contributed by atoms with E-state index in [9.17, 15) is 9.59 Å². The van der Waals surface area contributed by atoms with E-state index >= 15 is 0 Å². The second-order valence-corrected chi connectivity index (χ2v) is 11.9. The average molecular weight is 668 g/mol. The lowest BCUT2D eigenvalue weighted by Crippen LogP contribution is -2.39. The molecular formula is C33H28Cl2N2O7S. The number of allylic oxidation sites excluding steroid dienone is 1. The van der Waals surface area contributed by atoms with Gasteiger partial charge in [-0.2, -0.15) is 0 Å². The normalized spacial score (nSPS) is 15.5. The number of esters is 1. The van der Waals surface area contributed by atoms with Crippen molar-refractivity contribution in [3.63, 3.8) is 0 Å². The highest BCUT2D eigenvalue weighted by Crippen LogP contribution is 2.38. The van der Waals surface area contributed by atoms with Crippen LogP contribution < -0.4 is 33.8 Å². The van der Waals surface area contributed by atoms with Gasteiger partial charge in [0.2, 0.25) is 6.79 Å². The van der Waals surface area contributed by atoms with Crippen LogP contribution in [0.25, 0.3) is 6.08 Å². The van der Waals surface area contributed by atoms with Gasteiger partial charge in [0.15, 0.2) is 27.8 Å². The largest absolute Gasteiger partial charge is 0.490 e. The number of aromatic nitrogens is 1. The molecule has 0 saturated carbocycles. The van der Waals surface area contributed by atoms with E-state index in [-0.39, 0.29) is 31.1 Å². The van der Waals surface area contributed by atoms with Crippen molar-refractivity contribution in [3.8, 4) is 23.0 Å². The number of halogens is 2. The first-order valence-electron chi connectivity index (χ1n) is 14.2. The minimum Gasteiger partial charge on any atom is -0.490 e. The minimum atomic E-state index is -0.772. The van der Waals surface area contributed by atoms with Gasteiger partial charge in [-0.25, -0.2) is 9.79 Å². The van der Waals surface area contributed by atoms with Gasteiger partial charge < -0.3 is 23.7 Å². The Bertz CT molecular complexity index is 2020. The van der Waals surface area contributed by atoms with Crippen molar-refractivity contribution in [2.45, 2.75) is 33.4 Å². The SMILES string of the molecule is CCOC(=O)C1=C(C)N=c2sc(=Cc3ccc(OCc4ccc(Cl)cc4Cl)c(OCC)c3)c(=O)n2[C@@H]1c1ccc2c(c1)OCO2. The van der Waals surface area contributed by atoms with Crippen LogP contribution in [0.2, 0.25) is 10.0 Å². The lowest BCUT2D eigenvalue weighted by molar-refractivity contribution is -0.139. The first kappa shape index (κ1) is 30.8. The van der Waals surface area contributed by atoms with Crippen molar-refractivity contribution in [1.29, 1.82) is 0 Å². The maximum absolute atomic E-state index is 14.0. The van der Waals surface area contributed by atoms with Crippen molar-refractivity contribution >= 4 is 46.6 Å². The van der Waals surface area contributed by atoms with Crippen molar-refractivity contribution < 1.29 is 28.5 Å². The Hall–Kier alpha value is -4.25. The van der Waals surface area contributed by atoms with Gasteiger partial charge in [-0.1, -0.05) is 52.7 Å². The van der Waals surface area contributed by atoms with E-state index in [1.165, 1.54) is 15.9 Å². The Morgan fingerprint density at radius 2 is 1.84 bits per heavy atom. The zero-order valence-electron chi connectivity index (χ0n) is 24.6. The van der Waals surface area contributed by atoms with Gasteiger partial charge in [-0.05, 0) is 74.4 Å². The number of fused-ring (bicyclic) bond motifs is 2. The Morgan fingerprint density at radius 3 is 2.62 bits per heavy atom. The van der Waals surface area contributed by atoms with E-state index in [1.807, 2.05) is 31.2 Å². The predicted molar refractivity (Wildman–Crippen MR) is 171 cm³/mol. The Kier molecular flexibility index (Phi) is 8.89. The third kappa shape index (κ3) is 6.18. The van der Waals surface area contributed by atoms with E-state index in [2.05, 4.69) is 4.99 Å². The van der Waals surface area contributed by atoms with Crippen LogP contribution in [-0.4, -0.2) is 30.5 Å². The highest BCUT2D eigenvalue weighted by Gasteiger charge is 2.34. The summed E-state index contributed by atoms with van der Waals surface area (Å²) in [5.41, 5.74) is 2.64. The third-order valence-corrected chi connectivity index (χ3v) is 8.76. The molecule has 0 spiro atoms. The smallest absolute Gasteiger partial charge is 0.338 e. The molecule has 0 bridgehead atoms. The van der Waals surface area contributed by atoms with Crippen LogP contribution in [0.3, 0.4) is 0 Å². The molecule has 9 nitrogen and oxygen atoms in total. The summed E-state index contributed by atoms with van der Waals surface area (Å²) in [6, 6.07) is 15.3. The van der Waals surface area contributed by atoms with Gasteiger partial charge >= 0.3 is 5.97 Å². The minimum absolute atomic E-state index is 0.101. The van der Waals surface area contributed by atoms with Gasteiger partial charge in [-0.3, -0.25) is 9.36 Å². The van der Waals surface area contributed by atoms with Gasteiger partial charge in [0.05, 0.1) is 35.1 Å². The van der Waals surface area contributed by atoms with Crippen LogP contribution in [-0.2, 0) is 16.1 Å². The summed E-state index contributed by atoms with van der Waals surface area (Å²) in [6.45, 7) is 6.27. The molecule has 0 amide bonds. The molecule has 0 radical (unpaired) electrons. The first-order chi connectivity index (χ1) is 21.8. The number of benzene rings is 3. The number of thiazole rings is 1. The fourth-order valence-corrected chi connectivity index (χ4v) is 6.65. The molecule has 0 saturated heterocycles. The number of rotatable bonds is 9. The summed E-state index contributed by atoms with van der Waals surface area (Å²) in [4.78, 5) is 32.3.